The molecule has 0 unspecified atom stereocenters. The fourth-order valence-electron chi connectivity index (χ4n) is 0.925. The van der Waals surface area contributed by atoms with Gasteiger partial charge in [0.25, 0.3) is 0 Å². The van der Waals surface area contributed by atoms with Crippen molar-refractivity contribution in [3.8, 4) is 11.8 Å². The van der Waals surface area contributed by atoms with E-state index in [-0.39, 0.29) is 0 Å². The van der Waals surface area contributed by atoms with Gasteiger partial charge >= 0.3 is 0 Å². The van der Waals surface area contributed by atoms with Crippen LogP contribution < -0.4 is 4.74 Å². The molecule has 62 valence electrons. The van der Waals surface area contributed by atoms with Gasteiger partial charge in [0, 0.05) is 0 Å². The summed E-state index contributed by atoms with van der Waals surface area (Å²) in [4.78, 5) is 3.95. The molecule has 0 saturated heterocycles. The molecule has 3 nitrogen and oxygen atoms in total. The van der Waals surface area contributed by atoms with E-state index in [9.17, 15) is 0 Å². The van der Waals surface area contributed by atoms with Gasteiger partial charge in [-0.3, -0.25) is 0 Å². The second-order valence-electron chi connectivity index (χ2n) is 2.22. The summed E-state index contributed by atoms with van der Waals surface area (Å²) in [6.07, 6.45) is 0. The number of nitriles is 1. The van der Waals surface area contributed by atoms with E-state index < -0.39 is 0 Å². The molecule has 0 radical (unpaired) electrons. The van der Waals surface area contributed by atoms with Gasteiger partial charge in [0.1, 0.15) is 11.8 Å². The topological polar surface area (TPSA) is 45.9 Å². The molecular formula is C8H7ClN2O. The number of methoxy groups -OCH3 is 1. The molecule has 12 heavy (non-hydrogen) atoms. The zero-order chi connectivity index (χ0) is 9.14. The maximum Gasteiger partial charge on any atom is 0.158 e. The van der Waals surface area contributed by atoms with Crippen LogP contribution in [0.2, 0.25) is 5.02 Å². The van der Waals surface area contributed by atoms with Crippen LogP contribution in [0.3, 0.4) is 0 Å². The van der Waals surface area contributed by atoms with Gasteiger partial charge in [0.2, 0.25) is 0 Å². The highest BCUT2D eigenvalue weighted by molar-refractivity contribution is 6.32. The van der Waals surface area contributed by atoms with E-state index in [1.807, 2.05) is 6.07 Å². The van der Waals surface area contributed by atoms with Crippen LogP contribution in [-0.2, 0) is 0 Å². The number of rotatable bonds is 1. The van der Waals surface area contributed by atoms with Gasteiger partial charge in [-0.2, -0.15) is 5.26 Å². The number of aryl methyl sites for hydroxylation is 1. The Hall–Kier alpha value is -1.27. The minimum absolute atomic E-state index is 0.304. The quantitative estimate of drug-likeness (QED) is 0.667. The zero-order valence-electron chi connectivity index (χ0n) is 6.76. The number of aromatic nitrogens is 1. The van der Waals surface area contributed by atoms with Crippen LogP contribution in [0, 0.1) is 18.3 Å². The van der Waals surface area contributed by atoms with Crippen LogP contribution in [-0.4, -0.2) is 12.1 Å². The Morgan fingerprint density at radius 1 is 1.67 bits per heavy atom. The van der Waals surface area contributed by atoms with E-state index in [1.165, 1.54) is 13.2 Å². The second kappa shape index (κ2) is 3.42. The van der Waals surface area contributed by atoms with Crippen molar-refractivity contribution >= 4 is 11.6 Å². The van der Waals surface area contributed by atoms with Gasteiger partial charge in [0.15, 0.2) is 5.75 Å². The van der Waals surface area contributed by atoms with Crippen molar-refractivity contribution < 1.29 is 4.74 Å². The van der Waals surface area contributed by atoms with Crippen molar-refractivity contribution in [3.05, 3.63) is 22.5 Å². The lowest BCUT2D eigenvalue weighted by Gasteiger charge is -2.05. The summed E-state index contributed by atoms with van der Waals surface area (Å²) < 4.78 is 4.97. The van der Waals surface area contributed by atoms with E-state index in [4.69, 9.17) is 21.6 Å². The number of halogens is 1. The molecule has 1 rings (SSSR count). The number of hydrogen-bond acceptors (Lipinski definition) is 3. The molecule has 1 aromatic heterocycles. The van der Waals surface area contributed by atoms with Crippen molar-refractivity contribution in [2.24, 2.45) is 0 Å². The lowest BCUT2D eigenvalue weighted by Crippen LogP contribution is -1.93. The second-order valence-corrected chi connectivity index (χ2v) is 2.63. The highest BCUT2D eigenvalue weighted by atomic mass is 35.5. The predicted molar refractivity (Wildman–Crippen MR) is 45.3 cm³/mol. The fourth-order valence-corrected chi connectivity index (χ4v) is 1.24. The summed E-state index contributed by atoms with van der Waals surface area (Å²) in [6, 6.07) is 3.39. The summed E-state index contributed by atoms with van der Waals surface area (Å²) in [6.45, 7) is 1.74. The predicted octanol–water partition coefficient (Wildman–Crippen LogP) is 1.92. The Labute approximate surface area is 75.6 Å². The molecule has 0 aliphatic rings. The molecule has 0 N–H and O–H groups in total. The smallest absolute Gasteiger partial charge is 0.158 e. The third-order valence-corrected chi connectivity index (χ3v) is 1.70. The molecule has 0 atom stereocenters. The minimum atomic E-state index is 0.304. The highest BCUT2D eigenvalue weighted by Crippen LogP contribution is 2.26. The van der Waals surface area contributed by atoms with Gasteiger partial charge in [-0.05, 0) is 13.0 Å². The van der Waals surface area contributed by atoms with Crippen molar-refractivity contribution in [3.63, 3.8) is 0 Å². The van der Waals surface area contributed by atoms with Gasteiger partial charge in [-0.25, -0.2) is 4.98 Å². The number of pyridine rings is 1. The summed E-state index contributed by atoms with van der Waals surface area (Å²) in [7, 11) is 1.52. The summed E-state index contributed by atoms with van der Waals surface area (Å²) in [5, 5.41) is 8.96. The fraction of sp³-hybridized carbons (Fsp3) is 0.250. The Bertz CT molecular complexity index is 320. The Kier molecular flexibility index (Phi) is 2.51. The molecule has 4 heteroatoms. The summed E-state index contributed by atoms with van der Waals surface area (Å²) >= 11 is 5.80. The minimum Gasteiger partial charge on any atom is -0.493 e. The van der Waals surface area contributed by atoms with Crippen LogP contribution in [0.4, 0.5) is 0 Å². The average Bonchev–Trinajstić information content (AvgIpc) is 2.03. The average molecular weight is 183 g/mol. The normalized spacial score (nSPS) is 9.17. The monoisotopic (exact) mass is 182 g/mol. The van der Waals surface area contributed by atoms with Crippen LogP contribution >= 0.6 is 11.6 Å². The van der Waals surface area contributed by atoms with E-state index >= 15 is 0 Å². The van der Waals surface area contributed by atoms with E-state index in [0.717, 1.165) is 0 Å². The first-order chi connectivity index (χ1) is 5.69. The third-order valence-electron chi connectivity index (χ3n) is 1.42. The van der Waals surface area contributed by atoms with Crippen LogP contribution in [0.5, 0.6) is 5.75 Å². The van der Waals surface area contributed by atoms with Crippen molar-refractivity contribution in [1.29, 1.82) is 5.26 Å². The van der Waals surface area contributed by atoms with Crippen LogP contribution in [0.15, 0.2) is 6.07 Å². The molecule has 0 amide bonds. The molecule has 0 aromatic carbocycles. The van der Waals surface area contributed by atoms with E-state index in [1.54, 1.807) is 6.92 Å². The molecule has 0 saturated carbocycles. The molecule has 0 spiro atoms. The van der Waals surface area contributed by atoms with Gasteiger partial charge < -0.3 is 4.74 Å². The van der Waals surface area contributed by atoms with Gasteiger partial charge in [0.05, 0.1) is 17.8 Å². The maximum absolute atomic E-state index is 8.54. The Morgan fingerprint density at radius 3 is 2.75 bits per heavy atom. The zero-order valence-corrected chi connectivity index (χ0v) is 7.51. The lowest BCUT2D eigenvalue weighted by atomic mass is 10.3. The van der Waals surface area contributed by atoms with Crippen molar-refractivity contribution in [2.45, 2.75) is 6.92 Å². The van der Waals surface area contributed by atoms with Crippen molar-refractivity contribution in [2.75, 3.05) is 7.11 Å². The Morgan fingerprint density at radius 2 is 2.33 bits per heavy atom. The van der Waals surface area contributed by atoms with Gasteiger partial charge in [-0.15, -0.1) is 0 Å². The SMILES string of the molecule is COc1c(Cl)cc(C#N)nc1C. The molecule has 1 aromatic rings. The van der Waals surface area contributed by atoms with Crippen LogP contribution in [0.1, 0.15) is 11.4 Å². The lowest BCUT2D eigenvalue weighted by molar-refractivity contribution is 0.409. The molecule has 0 aliphatic carbocycles. The first kappa shape index (κ1) is 8.82. The molecule has 1 heterocycles. The first-order valence-electron chi connectivity index (χ1n) is 3.30. The Balaban J connectivity index is 3.30. The van der Waals surface area contributed by atoms with Crippen molar-refractivity contribution in [1.82, 2.24) is 4.98 Å². The van der Waals surface area contributed by atoms with E-state index in [2.05, 4.69) is 4.98 Å². The number of ether oxygens (including phenoxy) is 1. The van der Waals surface area contributed by atoms with Crippen LogP contribution in [0.25, 0.3) is 0 Å². The van der Waals surface area contributed by atoms with E-state index in [0.29, 0.717) is 22.2 Å². The largest absolute Gasteiger partial charge is 0.493 e. The number of nitrogens with zero attached hydrogens (tertiary/aromatic N) is 2. The summed E-state index contributed by atoms with van der Waals surface area (Å²) in [5.74, 6) is 0.524. The molecular weight excluding hydrogens is 176 g/mol. The number of hydrogen-bond donors (Lipinski definition) is 0. The molecule has 0 fully saturated rings. The van der Waals surface area contributed by atoms with Gasteiger partial charge in [-0.1, -0.05) is 11.6 Å². The standard InChI is InChI=1S/C8H7ClN2O/c1-5-8(12-2)7(9)3-6(4-10)11-5/h3H,1-2H3. The highest BCUT2D eigenvalue weighted by Gasteiger charge is 2.07. The molecule has 0 aliphatic heterocycles. The third kappa shape index (κ3) is 1.49. The maximum atomic E-state index is 8.54. The first-order valence-corrected chi connectivity index (χ1v) is 3.68. The molecule has 0 bridgehead atoms. The summed E-state index contributed by atoms with van der Waals surface area (Å²) in [5.41, 5.74) is 0.930.